The molecule has 0 spiro atoms. The number of ether oxygens (including phenoxy) is 3. The normalized spacial score (nSPS) is 13.9. The van der Waals surface area contributed by atoms with Gasteiger partial charge in [-0.3, -0.25) is 5.32 Å². The number of rotatable bonds is 14. The van der Waals surface area contributed by atoms with E-state index in [0.717, 1.165) is 32.2 Å². The van der Waals surface area contributed by atoms with E-state index >= 15 is 0 Å². The first-order valence-electron chi connectivity index (χ1n) is 7.55. The maximum absolute atomic E-state index is 9.34. The minimum absolute atomic E-state index is 0.395. The fourth-order valence-electron chi connectivity index (χ4n) is 1.87. The first kappa shape index (κ1) is 19.3. The highest BCUT2D eigenvalue weighted by Crippen LogP contribution is 2.16. The Hall–Kier alpha value is -0.670. The van der Waals surface area contributed by atoms with E-state index in [9.17, 15) is 5.26 Å². The quantitative estimate of drug-likeness (QED) is 0.496. The van der Waals surface area contributed by atoms with Gasteiger partial charge in [0.15, 0.2) is 0 Å². The van der Waals surface area contributed by atoms with Crippen LogP contribution in [0.5, 0.6) is 0 Å². The molecule has 0 radical (unpaired) electrons. The SMILES string of the molecule is CCCNC(C#N)(CC)CCCOCCOCCOC. The molecule has 0 aliphatic heterocycles. The van der Waals surface area contributed by atoms with Gasteiger partial charge in [0.25, 0.3) is 0 Å². The molecule has 0 bridgehead atoms. The summed E-state index contributed by atoms with van der Waals surface area (Å²) in [5, 5.41) is 12.7. The van der Waals surface area contributed by atoms with Gasteiger partial charge in [0, 0.05) is 13.7 Å². The van der Waals surface area contributed by atoms with Crippen molar-refractivity contribution >= 4 is 0 Å². The Morgan fingerprint density at radius 2 is 1.70 bits per heavy atom. The third kappa shape index (κ3) is 9.27. The molecule has 118 valence electrons. The van der Waals surface area contributed by atoms with Crippen molar-refractivity contribution in [3.05, 3.63) is 0 Å². The zero-order chi connectivity index (χ0) is 15.1. The predicted molar refractivity (Wildman–Crippen MR) is 79.7 cm³/mol. The molecular formula is C15H30N2O3. The molecule has 0 aromatic heterocycles. The van der Waals surface area contributed by atoms with Gasteiger partial charge in [0.05, 0.1) is 32.5 Å². The van der Waals surface area contributed by atoms with Crippen molar-refractivity contribution in [3.8, 4) is 6.07 Å². The molecule has 5 heteroatoms. The van der Waals surface area contributed by atoms with E-state index in [4.69, 9.17) is 14.2 Å². The molecule has 0 saturated heterocycles. The van der Waals surface area contributed by atoms with Crippen LogP contribution in [0, 0.1) is 11.3 Å². The topological polar surface area (TPSA) is 63.5 Å². The van der Waals surface area contributed by atoms with Gasteiger partial charge in [-0.1, -0.05) is 13.8 Å². The number of hydrogen-bond donors (Lipinski definition) is 1. The third-order valence-corrected chi connectivity index (χ3v) is 3.23. The van der Waals surface area contributed by atoms with Gasteiger partial charge in [0.2, 0.25) is 0 Å². The van der Waals surface area contributed by atoms with Crippen LogP contribution in [0.4, 0.5) is 0 Å². The summed E-state index contributed by atoms with van der Waals surface area (Å²) in [7, 11) is 1.65. The molecule has 20 heavy (non-hydrogen) atoms. The van der Waals surface area contributed by atoms with Gasteiger partial charge < -0.3 is 14.2 Å². The van der Waals surface area contributed by atoms with E-state index < -0.39 is 5.54 Å². The van der Waals surface area contributed by atoms with E-state index in [1.54, 1.807) is 7.11 Å². The molecule has 0 aromatic rings. The lowest BCUT2D eigenvalue weighted by atomic mass is 9.92. The number of methoxy groups -OCH3 is 1. The third-order valence-electron chi connectivity index (χ3n) is 3.23. The Labute approximate surface area is 123 Å². The molecule has 0 aromatic carbocycles. The molecular weight excluding hydrogens is 256 g/mol. The molecule has 0 aliphatic rings. The van der Waals surface area contributed by atoms with Crippen molar-refractivity contribution in [2.24, 2.45) is 0 Å². The Bertz CT molecular complexity index is 256. The van der Waals surface area contributed by atoms with Crippen molar-refractivity contribution in [2.75, 3.05) is 46.7 Å². The second kappa shape index (κ2) is 13.3. The van der Waals surface area contributed by atoms with Crippen LogP contribution in [0.3, 0.4) is 0 Å². The van der Waals surface area contributed by atoms with Crippen molar-refractivity contribution in [1.29, 1.82) is 5.26 Å². The molecule has 5 nitrogen and oxygen atoms in total. The van der Waals surface area contributed by atoms with Crippen LogP contribution in [0.2, 0.25) is 0 Å². The average molecular weight is 286 g/mol. The van der Waals surface area contributed by atoms with Crippen molar-refractivity contribution in [1.82, 2.24) is 5.32 Å². The lowest BCUT2D eigenvalue weighted by Crippen LogP contribution is -2.44. The highest BCUT2D eigenvalue weighted by molar-refractivity contribution is 5.05. The fourth-order valence-corrected chi connectivity index (χ4v) is 1.87. The van der Waals surface area contributed by atoms with E-state index in [0.29, 0.717) is 33.0 Å². The van der Waals surface area contributed by atoms with Gasteiger partial charge in [-0.2, -0.15) is 5.26 Å². The number of nitrogens with zero attached hydrogens (tertiary/aromatic N) is 1. The molecule has 1 atom stereocenters. The second-order valence-electron chi connectivity index (χ2n) is 4.80. The summed E-state index contributed by atoms with van der Waals surface area (Å²) in [6.45, 7) is 8.12. The predicted octanol–water partition coefficient (Wildman–Crippen LogP) is 2.12. The molecule has 0 heterocycles. The van der Waals surface area contributed by atoms with Crippen molar-refractivity contribution < 1.29 is 14.2 Å². The summed E-state index contributed by atoms with van der Waals surface area (Å²) in [6.07, 6.45) is 3.57. The van der Waals surface area contributed by atoms with Gasteiger partial charge in [-0.15, -0.1) is 0 Å². The lowest BCUT2D eigenvalue weighted by molar-refractivity contribution is 0.0232. The summed E-state index contributed by atoms with van der Waals surface area (Å²) < 4.78 is 15.7. The summed E-state index contributed by atoms with van der Waals surface area (Å²) in [6, 6.07) is 2.42. The van der Waals surface area contributed by atoms with Crippen molar-refractivity contribution in [3.63, 3.8) is 0 Å². The molecule has 0 saturated carbocycles. The zero-order valence-corrected chi connectivity index (χ0v) is 13.2. The average Bonchev–Trinajstić information content (AvgIpc) is 2.49. The van der Waals surface area contributed by atoms with Crippen LogP contribution in [0.25, 0.3) is 0 Å². The second-order valence-corrected chi connectivity index (χ2v) is 4.80. The summed E-state index contributed by atoms with van der Waals surface area (Å²) in [4.78, 5) is 0. The summed E-state index contributed by atoms with van der Waals surface area (Å²) in [5.41, 5.74) is -0.395. The first-order chi connectivity index (χ1) is 9.74. The van der Waals surface area contributed by atoms with Crippen LogP contribution in [0.15, 0.2) is 0 Å². The Balaban J connectivity index is 3.62. The van der Waals surface area contributed by atoms with E-state index in [1.165, 1.54) is 0 Å². The minimum atomic E-state index is -0.395. The van der Waals surface area contributed by atoms with Crippen LogP contribution in [0.1, 0.15) is 39.5 Å². The van der Waals surface area contributed by atoms with E-state index in [2.05, 4.69) is 25.2 Å². The van der Waals surface area contributed by atoms with E-state index in [1.807, 2.05) is 0 Å². The zero-order valence-electron chi connectivity index (χ0n) is 13.2. The van der Waals surface area contributed by atoms with Crippen molar-refractivity contribution in [2.45, 2.75) is 45.1 Å². The fraction of sp³-hybridized carbons (Fsp3) is 0.933. The highest BCUT2D eigenvalue weighted by atomic mass is 16.5. The lowest BCUT2D eigenvalue weighted by Gasteiger charge is -2.26. The highest BCUT2D eigenvalue weighted by Gasteiger charge is 2.25. The Morgan fingerprint density at radius 1 is 1.05 bits per heavy atom. The molecule has 0 rings (SSSR count). The van der Waals surface area contributed by atoms with Crippen LogP contribution >= 0.6 is 0 Å². The maximum Gasteiger partial charge on any atom is 0.106 e. The van der Waals surface area contributed by atoms with Gasteiger partial charge in [-0.05, 0) is 32.2 Å². The van der Waals surface area contributed by atoms with Crippen LogP contribution < -0.4 is 5.32 Å². The van der Waals surface area contributed by atoms with Gasteiger partial charge in [0.1, 0.15) is 5.54 Å². The number of nitriles is 1. The largest absolute Gasteiger partial charge is 0.382 e. The molecule has 0 aliphatic carbocycles. The molecule has 0 amide bonds. The monoisotopic (exact) mass is 286 g/mol. The summed E-state index contributed by atoms with van der Waals surface area (Å²) in [5.74, 6) is 0. The standard InChI is InChI=1S/C15H30N2O3/c1-4-8-17-15(5-2,14-16)7-6-9-19-12-13-20-11-10-18-3/h17H,4-13H2,1-3H3. The number of nitrogens with one attached hydrogen (secondary N) is 1. The minimum Gasteiger partial charge on any atom is -0.382 e. The van der Waals surface area contributed by atoms with Gasteiger partial charge >= 0.3 is 0 Å². The Morgan fingerprint density at radius 3 is 2.25 bits per heavy atom. The van der Waals surface area contributed by atoms with Crippen LogP contribution in [-0.4, -0.2) is 52.2 Å². The van der Waals surface area contributed by atoms with Gasteiger partial charge in [-0.25, -0.2) is 0 Å². The maximum atomic E-state index is 9.34. The smallest absolute Gasteiger partial charge is 0.106 e. The Kier molecular flexibility index (Phi) is 12.9. The molecule has 1 N–H and O–H groups in total. The number of hydrogen-bond acceptors (Lipinski definition) is 5. The van der Waals surface area contributed by atoms with E-state index in [-0.39, 0.29) is 0 Å². The molecule has 1 unspecified atom stereocenters. The summed E-state index contributed by atoms with van der Waals surface area (Å²) >= 11 is 0. The van der Waals surface area contributed by atoms with Crippen LogP contribution in [-0.2, 0) is 14.2 Å². The first-order valence-corrected chi connectivity index (χ1v) is 7.55. The molecule has 0 fully saturated rings.